The van der Waals surface area contributed by atoms with Gasteiger partial charge >= 0.3 is 0 Å². The Morgan fingerprint density at radius 1 is 0.704 bits per heavy atom. The van der Waals surface area contributed by atoms with Crippen molar-refractivity contribution in [3.63, 3.8) is 0 Å². The van der Waals surface area contributed by atoms with Crippen molar-refractivity contribution in [1.29, 1.82) is 0 Å². The minimum Gasteiger partial charge on any atom is -0.319 e. The first kappa shape index (κ1) is 27.9. The lowest BCUT2D eigenvalue weighted by Crippen LogP contribution is -2.07. The van der Waals surface area contributed by atoms with E-state index in [1.54, 1.807) is 11.4 Å². The van der Waals surface area contributed by atoms with Crippen molar-refractivity contribution in [3.8, 4) is 0 Å². The molecule has 1 atom stereocenters. The quantitative estimate of drug-likeness (QED) is 0.148. The summed E-state index contributed by atoms with van der Waals surface area (Å²) in [7, 11) is 0. The zero-order valence-electron chi connectivity index (χ0n) is 19.0. The van der Waals surface area contributed by atoms with Gasteiger partial charge in [0.05, 0.1) is 12.2 Å². The Bertz CT molecular complexity index is 361. The van der Waals surface area contributed by atoms with Gasteiger partial charge in [-0.2, -0.15) is 0 Å². The van der Waals surface area contributed by atoms with E-state index >= 15 is 0 Å². The van der Waals surface area contributed by atoms with Crippen LogP contribution < -0.4 is 0 Å². The van der Waals surface area contributed by atoms with E-state index in [1.807, 2.05) is 27.7 Å². The van der Waals surface area contributed by atoms with Crippen LogP contribution in [-0.2, 0) is 20.9 Å². The lowest BCUT2D eigenvalue weighted by Gasteiger charge is -2.26. The number of hydrogen-bond acceptors (Lipinski definition) is 4. The zero-order chi connectivity index (χ0) is 20.5. The summed E-state index contributed by atoms with van der Waals surface area (Å²) >= 11 is 7.48. The SMILES string of the molecule is CCCCCCCCCCCCCC(C)CSP(=S)(OC(C)C)OC(C)C. The van der Waals surface area contributed by atoms with E-state index < -0.39 is 5.69 Å². The maximum atomic E-state index is 5.98. The smallest absolute Gasteiger partial charge is 0.247 e. The molecule has 0 radical (unpaired) electrons. The second-order valence-electron chi connectivity index (χ2n) is 8.48. The summed E-state index contributed by atoms with van der Waals surface area (Å²) in [6, 6.07) is 0. The van der Waals surface area contributed by atoms with E-state index in [0.717, 1.165) is 5.75 Å². The summed E-state index contributed by atoms with van der Waals surface area (Å²) < 4.78 is 12.0. The maximum Gasteiger partial charge on any atom is 0.247 e. The van der Waals surface area contributed by atoms with Gasteiger partial charge in [-0.15, -0.1) is 0 Å². The van der Waals surface area contributed by atoms with Crippen molar-refractivity contribution >= 4 is 28.9 Å². The highest BCUT2D eigenvalue weighted by Gasteiger charge is 2.24. The van der Waals surface area contributed by atoms with Crippen LogP contribution >= 0.6 is 17.1 Å². The third-order valence-electron chi connectivity index (χ3n) is 4.50. The fourth-order valence-corrected chi connectivity index (χ4v) is 9.16. The molecule has 0 rings (SSSR count). The normalized spacial score (nSPS) is 13.6. The van der Waals surface area contributed by atoms with Gasteiger partial charge in [0.15, 0.2) is 0 Å². The predicted molar refractivity (Wildman–Crippen MR) is 129 cm³/mol. The van der Waals surface area contributed by atoms with Gasteiger partial charge in [-0.3, -0.25) is 0 Å². The van der Waals surface area contributed by atoms with E-state index in [-0.39, 0.29) is 12.2 Å². The molecule has 27 heavy (non-hydrogen) atoms. The molecule has 0 bridgehead atoms. The van der Waals surface area contributed by atoms with E-state index in [2.05, 4.69) is 13.8 Å². The van der Waals surface area contributed by atoms with Crippen LogP contribution in [0.5, 0.6) is 0 Å². The second kappa shape index (κ2) is 17.8. The highest BCUT2D eigenvalue weighted by molar-refractivity contribution is 8.67. The fourth-order valence-electron chi connectivity index (χ4n) is 3.06. The zero-order valence-corrected chi connectivity index (χ0v) is 21.5. The molecule has 0 saturated heterocycles. The molecule has 0 fully saturated rings. The van der Waals surface area contributed by atoms with Crippen molar-refractivity contribution in [2.75, 3.05) is 5.75 Å². The third-order valence-corrected chi connectivity index (χ3v) is 10.3. The van der Waals surface area contributed by atoms with Gasteiger partial charge in [0.1, 0.15) is 0 Å². The molecule has 0 N–H and O–H groups in total. The maximum absolute atomic E-state index is 5.98. The lowest BCUT2D eigenvalue weighted by atomic mass is 10.0. The van der Waals surface area contributed by atoms with Crippen LogP contribution in [0.25, 0.3) is 0 Å². The highest BCUT2D eigenvalue weighted by atomic mass is 32.9. The van der Waals surface area contributed by atoms with Crippen LogP contribution in [0.1, 0.15) is 119 Å². The average Bonchev–Trinajstić information content (AvgIpc) is 2.56. The highest BCUT2D eigenvalue weighted by Crippen LogP contribution is 2.63. The molecule has 1 unspecified atom stereocenters. The van der Waals surface area contributed by atoms with Crippen LogP contribution in [0.3, 0.4) is 0 Å². The van der Waals surface area contributed by atoms with Gasteiger partial charge in [-0.25, -0.2) is 0 Å². The van der Waals surface area contributed by atoms with Gasteiger partial charge in [0, 0.05) is 5.75 Å². The van der Waals surface area contributed by atoms with Crippen molar-refractivity contribution in [1.82, 2.24) is 0 Å². The first-order chi connectivity index (χ1) is 12.8. The summed E-state index contributed by atoms with van der Waals surface area (Å²) in [5.74, 6) is 1.73. The molecule has 164 valence electrons. The Morgan fingerprint density at radius 2 is 1.11 bits per heavy atom. The van der Waals surface area contributed by atoms with E-state index in [1.165, 1.54) is 77.0 Å². The summed E-state index contributed by atoms with van der Waals surface area (Å²) in [6.07, 6.45) is 17.0. The van der Waals surface area contributed by atoms with Crippen LogP contribution in [0.2, 0.25) is 0 Å². The molecule has 0 aromatic rings. The topological polar surface area (TPSA) is 18.5 Å². The molecule has 0 aliphatic heterocycles. The van der Waals surface area contributed by atoms with Crippen molar-refractivity contribution in [2.24, 2.45) is 5.92 Å². The van der Waals surface area contributed by atoms with Gasteiger partial charge in [0.25, 0.3) is 0 Å². The largest absolute Gasteiger partial charge is 0.319 e. The molecule has 5 heteroatoms. The summed E-state index contributed by atoms with van der Waals surface area (Å²) in [5.41, 5.74) is -2.20. The molecule has 0 heterocycles. The standard InChI is InChI=1S/C22H47O2PS2/c1-7-8-9-10-11-12-13-14-15-16-17-18-22(6)19-27-25(26,23-20(2)3)24-21(4)5/h20-22H,7-19H2,1-6H3. The molecule has 0 aliphatic carbocycles. The Kier molecular flexibility index (Phi) is 18.4. The Morgan fingerprint density at radius 3 is 1.52 bits per heavy atom. The van der Waals surface area contributed by atoms with Gasteiger partial charge < -0.3 is 9.05 Å². The molecule has 2 nitrogen and oxygen atoms in total. The van der Waals surface area contributed by atoms with Crippen molar-refractivity contribution in [2.45, 2.75) is 131 Å². The fraction of sp³-hybridized carbons (Fsp3) is 1.00. The molecule has 0 saturated carbocycles. The third kappa shape index (κ3) is 18.7. The molecule has 0 aliphatic rings. The molecule has 0 spiro atoms. The van der Waals surface area contributed by atoms with Crippen molar-refractivity contribution in [3.05, 3.63) is 0 Å². The Hall–Kier alpha value is 0.920. The van der Waals surface area contributed by atoms with Gasteiger partial charge in [-0.1, -0.05) is 95.9 Å². The minimum absolute atomic E-state index is 0.129. The molecule has 0 aromatic carbocycles. The molecular weight excluding hydrogens is 391 g/mol. The predicted octanol–water partition coefficient (Wildman–Crippen LogP) is 9.13. The van der Waals surface area contributed by atoms with E-state index in [4.69, 9.17) is 20.9 Å². The van der Waals surface area contributed by atoms with E-state index in [9.17, 15) is 0 Å². The van der Waals surface area contributed by atoms with Gasteiger partial charge in [0.2, 0.25) is 5.69 Å². The summed E-state index contributed by atoms with van der Waals surface area (Å²) in [4.78, 5) is 0. The first-order valence-corrected chi connectivity index (χ1v) is 15.6. The van der Waals surface area contributed by atoms with Crippen LogP contribution in [-0.4, -0.2) is 18.0 Å². The lowest BCUT2D eigenvalue weighted by molar-refractivity contribution is 0.186. The minimum atomic E-state index is -2.20. The van der Waals surface area contributed by atoms with Crippen LogP contribution in [0, 0.1) is 5.92 Å². The summed E-state index contributed by atoms with van der Waals surface area (Å²) in [5, 5.41) is 0. The second-order valence-corrected chi connectivity index (χ2v) is 14.7. The van der Waals surface area contributed by atoms with Crippen LogP contribution in [0.4, 0.5) is 0 Å². The number of unbranched alkanes of at least 4 members (excludes halogenated alkanes) is 10. The van der Waals surface area contributed by atoms with E-state index in [0.29, 0.717) is 5.92 Å². The summed E-state index contributed by atoms with van der Waals surface area (Å²) in [6.45, 7) is 12.8. The monoisotopic (exact) mass is 438 g/mol. The average molecular weight is 439 g/mol. The Labute approximate surface area is 180 Å². The molecular formula is C22H47O2PS2. The first-order valence-electron chi connectivity index (χ1n) is 11.4. The van der Waals surface area contributed by atoms with Crippen molar-refractivity contribution < 1.29 is 9.05 Å². The van der Waals surface area contributed by atoms with Gasteiger partial charge in [-0.05, 0) is 51.8 Å². The molecule has 0 aromatic heterocycles. The van der Waals surface area contributed by atoms with Crippen LogP contribution in [0.15, 0.2) is 0 Å². The Balaban J connectivity index is 3.72. The number of rotatable bonds is 19. The molecule has 0 amide bonds. The number of hydrogen-bond donors (Lipinski definition) is 0.